The molecule has 0 bridgehead atoms. The second-order valence-electron chi connectivity index (χ2n) is 5.05. The first kappa shape index (κ1) is 16.8. The molecule has 0 atom stereocenters. The molecule has 0 aliphatic rings. The number of carbonyl (C=O) groups is 2. The van der Waals surface area contributed by atoms with E-state index in [0.717, 1.165) is 4.47 Å². The molecule has 0 radical (unpaired) electrons. The predicted octanol–water partition coefficient (Wildman–Crippen LogP) is 3.64. The molecule has 0 saturated heterocycles. The van der Waals surface area contributed by atoms with E-state index in [-0.39, 0.29) is 0 Å². The van der Waals surface area contributed by atoms with Gasteiger partial charge in [-0.3, -0.25) is 20.4 Å². The van der Waals surface area contributed by atoms with Gasteiger partial charge in [0.25, 0.3) is 11.8 Å². The van der Waals surface area contributed by atoms with Crippen LogP contribution in [-0.4, -0.2) is 16.8 Å². The fraction of sp³-hybridized carbons (Fsp3) is 0. The smallest absolute Gasteiger partial charge is 0.286 e. The summed E-state index contributed by atoms with van der Waals surface area (Å²) in [5.41, 5.74) is 5.36. The lowest BCUT2D eigenvalue weighted by atomic mass is 10.2. The van der Waals surface area contributed by atoms with E-state index in [1.165, 1.54) is 0 Å². The van der Waals surface area contributed by atoms with E-state index in [0.29, 0.717) is 22.8 Å². The molecule has 7 heteroatoms. The number of hydrogen-bond donors (Lipinski definition) is 3. The second kappa shape index (κ2) is 7.67. The highest BCUT2D eigenvalue weighted by Gasteiger charge is 2.14. The monoisotopic (exact) mass is 399 g/mol. The van der Waals surface area contributed by atoms with Gasteiger partial charge in [-0.2, -0.15) is 0 Å². The van der Waals surface area contributed by atoms with Gasteiger partial charge >= 0.3 is 0 Å². The van der Waals surface area contributed by atoms with Crippen LogP contribution in [0.4, 0.5) is 0 Å². The summed E-state index contributed by atoms with van der Waals surface area (Å²) < 4.78 is 6.48. The van der Waals surface area contributed by atoms with Gasteiger partial charge < -0.3 is 9.72 Å². The summed E-state index contributed by atoms with van der Waals surface area (Å²) in [6.07, 6.45) is 1.62. The van der Waals surface area contributed by atoms with Gasteiger partial charge in [-0.05, 0) is 46.3 Å². The SMILES string of the molecule is O=C(NNC(=O)c1ccccc1Oc1ccccc1)c1cc(Br)c[nH]1. The maximum atomic E-state index is 12.4. The number of aromatic nitrogens is 1. The van der Waals surface area contributed by atoms with Gasteiger partial charge in [0.05, 0.1) is 5.56 Å². The van der Waals surface area contributed by atoms with E-state index < -0.39 is 11.8 Å². The van der Waals surface area contributed by atoms with Crippen LogP contribution >= 0.6 is 15.9 Å². The quantitative estimate of drug-likeness (QED) is 0.585. The average Bonchev–Trinajstić information content (AvgIpc) is 3.07. The summed E-state index contributed by atoms with van der Waals surface area (Å²) in [6.45, 7) is 0. The van der Waals surface area contributed by atoms with Crippen LogP contribution in [0.5, 0.6) is 11.5 Å². The lowest BCUT2D eigenvalue weighted by Gasteiger charge is -2.11. The number of para-hydroxylation sites is 2. The van der Waals surface area contributed by atoms with Crippen molar-refractivity contribution in [3.05, 3.63) is 82.6 Å². The minimum absolute atomic E-state index is 0.305. The predicted molar refractivity (Wildman–Crippen MR) is 96.4 cm³/mol. The fourth-order valence-electron chi connectivity index (χ4n) is 2.11. The normalized spacial score (nSPS) is 10.1. The number of hydrazine groups is 1. The number of rotatable bonds is 4. The summed E-state index contributed by atoms with van der Waals surface area (Å²) in [5.74, 6) is 0.0668. The molecule has 2 aromatic carbocycles. The number of aromatic amines is 1. The summed E-state index contributed by atoms with van der Waals surface area (Å²) >= 11 is 3.24. The highest BCUT2D eigenvalue weighted by Crippen LogP contribution is 2.24. The van der Waals surface area contributed by atoms with Crippen LogP contribution in [0.15, 0.2) is 71.3 Å². The van der Waals surface area contributed by atoms with Crippen molar-refractivity contribution >= 4 is 27.7 Å². The summed E-state index contributed by atoms with van der Waals surface area (Å²) in [6, 6.07) is 17.5. The molecule has 2 amide bonds. The molecule has 0 aliphatic heterocycles. The van der Waals surface area contributed by atoms with E-state index in [4.69, 9.17) is 4.74 Å². The van der Waals surface area contributed by atoms with E-state index in [9.17, 15) is 9.59 Å². The molecule has 126 valence electrons. The van der Waals surface area contributed by atoms with Gasteiger partial charge in [-0.15, -0.1) is 0 Å². The third-order valence-corrected chi connectivity index (χ3v) is 3.74. The Bertz CT molecular complexity index is 893. The number of carbonyl (C=O) groups excluding carboxylic acids is 2. The lowest BCUT2D eigenvalue weighted by Crippen LogP contribution is -2.41. The van der Waals surface area contributed by atoms with E-state index in [1.807, 2.05) is 18.2 Å². The van der Waals surface area contributed by atoms with Gasteiger partial charge in [-0.25, -0.2) is 0 Å². The number of ether oxygens (including phenoxy) is 1. The zero-order valence-corrected chi connectivity index (χ0v) is 14.5. The van der Waals surface area contributed by atoms with Crippen molar-refractivity contribution in [2.45, 2.75) is 0 Å². The molecule has 0 aliphatic carbocycles. The second-order valence-corrected chi connectivity index (χ2v) is 5.97. The number of benzene rings is 2. The molecule has 0 unspecified atom stereocenters. The van der Waals surface area contributed by atoms with Gasteiger partial charge in [0.1, 0.15) is 17.2 Å². The van der Waals surface area contributed by atoms with Gasteiger partial charge in [0.2, 0.25) is 0 Å². The van der Waals surface area contributed by atoms with Crippen molar-refractivity contribution in [3.8, 4) is 11.5 Å². The Morgan fingerprint density at radius 2 is 1.60 bits per heavy atom. The van der Waals surface area contributed by atoms with Crippen LogP contribution in [0, 0.1) is 0 Å². The van der Waals surface area contributed by atoms with Gasteiger partial charge in [0.15, 0.2) is 0 Å². The van der Waals surface area contributed by atoms with Crippen LogP contribution in [0.2, 0.25) is 0 Å². The number of halogens is 1. The highest BCUT2D eigenvalue weighted by atomic mass is 79.9. The molecule has 25 heavy (non-hydrogen) atoms. The summed E-state index contributed by atoms with van der Waals surface area (Å²) in [4.78, 5) is 27.1. The molecule has 3 N–H and O–H groups in total. The Labute approximate surface area is 152 Å². The molecular weight excluding hydrogens is 386 g/mol. The molecule has 1 aromatic heterocycles. The summed E-state index contributed by atoms with van der Waals surface area (Å²) in [5, 5.41) is 0. The third-order valence-electron chi connectivity index (χ3n) is 3.28. The van der Waals surface area contributed by atoms with Crippen LogP contribution in [0.1, 0.15) is 20.8 Å². The van der Waals surface area contributed by atoms with Crippen LogP contribution in [0.25, 0.3) is 0 Å². The summed E-state index contributed by atoms with van der Waals surface area (Å²) in [7, 11) is 0. The first-order chi connectivity index (χ1) is 12.1. The zero-order chi connectivity index (χ0) is 17.6. The number of nitrogens with one attached hydrogen (secondary N) is 3. The van der Waals surface area contributed by atoms with Crippen LogP contribution < -0.4 is 15.6 Å². The Balaban J connectivity index is 1.69. The van der Waals surface area contributed by atoms with Crippen molar-refractivity contribution in [1.29, 1.82) is 0 Å². The maximum Gasteiger partial charge on any atom is 0.286 e. The van der Waals surface area contributed by atoms with E-state index >= 15 is 0 Å². The van der Waals surface area contributed by atoms with Gasteiger partial charge in [-0.1, -0.05) is 30.3 Å². The molecular formula is C18H14BrN3O3. The highest BCUT2D eigenvalue weighted by molar-refractivity contribution is 9.10. The van der Waals surface area contributed by atoms with Crippen molar-refractivity contribution in [2.75, 3.05) is 0 Å². The Hall–Kier alpha value is -3.06. The standard InChI is InChI=1S/C18H14BrN3O3/c19-12-10-15(20-11-12)18(24)22-21-17(23)14-8-4-5-9-16(14)25-13-6-2-1-3-7-13/h1-11,20H,(H,21,23)(H,22,24). The Morgan fingerprint density at radius 1 is 0.920 bits per heavy atom. The van der Waals surface area contributed by atoms with Crippen molar-refractivity contribution in [2.24, 2.45) is 0 Å². The molecule has 3 aromatic rings. The number of amides is 2. The maximum absolute atomic E-state index is 12.4. The Kier molecular flexibility index (Phi) is 5.15. The van der Waals surface area contributed by atoms with E-state index in [2.05, 4.69) is 31.8 Å². The van der Waals surface area contributed by atoms with Crippen molar-refractivity contribution in [1.82, 2.24) is 15.8 Å². The minimum atomic E-state index is -0.481. The molecule has 3 rings (SSSR count). The van der Waals surface area contributed by atoms with Crippen molar-refractivity contribution < 1.29 is 14.3 Å². The third kappa shape index (κ3) is 4.27. The zero-order valence-electron chi connectivity index (χ0n) is 13.0. The molecule has 0 spiro atoms. The van der Waals surface area contributed by atoms with Crippen LogP contribution in [0.3, 0.4) is 0 Å². The molecule has 1 heterocycles. The largest absolute Gasteiger partial charge is 0.457 e. The van der Waals surface area contributed by atoms with E-state index in [1.54, 1.807) is 48.7 Å². The molecule has 0 fully saturated rings. The van der Waals surface area contributed by atoms with Crippen molar-refractivity contribution in [3.63, 3.8) is 0 Å². The minimum Gasteiger partial charge on any atom is -0.457 e. The van der Waals surface area contributed by atoms with Crippen LogP contribution in [-0.2, 0) is 0 Å². The molecule has 6 nitrogen and oxygen atoms in total. The number of hydrogen-bond acceptors (Lipinski definition) is 3. The topological polar surface area (TPSA) is 83.2 Å². The molecule has 0 saturated carbocycles. The lowest BCUT2D eigenvalue weighted by molar-refractivity contribution is 0.0843. The number of H-pyrrole nitrogens is 1. The average molecular weight is 400 g/mol. The van der Waals surface area contributed by atoms with Gasteiger partial charge in [0, 0.05) is 10.7 Å². The fourth-order valence-corrected chi connectivity index (χ4v) is 2.45. The first-order valence-corrected chi connectivity index (χ1v) is 8.19. The first-order valence-electron chi connectivity index (χ1n) is 7.40. The Morgan fingerprint density at radius 3 is 2.32 bits per heavy atom.